The van der Waals surface area contributed by atoms with Gasteiger partial charge < -0.3 is 20.3 Å². The molecule has 0 radical (unpaired) electrons. The first-order valence-electron chi connectivity index (χ1n) is 9.06. The average Bonchev–Trinajstić information content (AvgIpc) is 2.50. The minimum atomic E-state index is 0. The van der Waals surface area contributed by atoms with Crippen molar-refractivity contribution in [3.63, 3.8) is 0 Å². The molecule has 24 heavy (non-hydrogen) atoms. The van der Waals surface area contributed by atoms with Crippen LogP contribution in [-0.4, -0.2) is 63.8 Å². The van der Waals surface area contributed by atoms with E-state index >= 15 is 0 Å². The van der Waals surface area contributed by atoms with Gasteiger partial charge in [-0.25, -0.2) is 0 Å². The van der Waals surface area contributed by atoms with E-state index in [2.05, 4.69) is 48.2 Å². The van der Waals surface area contributed by atoms with E-state index in [4.69, 9.17) is 4.74 Å². The molecule has 0 aliphatic carbocycles. The van der Waals surface area contributed by atoms with Crippen LogP contribution in [-0.2, 0) is 4.74 Å². The predicted molar refractivity (Wildman–Crippen MR) is 114 cm³/mol. The van der Waals surface area contributed by atoms with Gasteiger partial charge in [-0.1, -0.05) is 27.7 Å². The van der Waals surface area contributed by atoms with E-state index in [0.717, 1.165) is 31.4 Å². The first-order valence-corrected chi connectivity index (χ1v) is 9.06. The van der Waals surface area contributed by atoms with Gasteiger partial charge in [0.25, 0.3) is 0 Å². The number of aliphatic imine (C=N–C) groups is 1. The minimum Gasteiger partial charge on any atom is -0.379 e. The Bertz CT molecular complexity index is 349. The molecule has 1 fully saturated rings. The molecule has 1 saturated heterocycles. The van der Waals surface area contributed by atoms with Crippen molar-refractivity contribution in [3.8, 4) is 0 Å². The number of guanidine groups is 1. The molecule has 0 aromatic carbocycles. The van der Waals surface area contributed by atoms with Gasteiger partial charge in [-0.05, 0) is 50.2 Å². The van der Waals surface area contributed by atoms with Crippen LogP contribution in [0.1, 0.15) is 47.0 Å². The number of hydrogen-bond donors (Lipinski definition) is 2. The molecule has 1 rings (SSSR count). The molecule has 1 heterocycles. The number of halogens is 1. The van der Waals surface area contributed by atoms with E-state index < -0.39 is 0 Å². The minimum absolute atomic E-state index is 0. The monoisotopic (exact) mass is 454 g/mol. The van der Waals surface area contributed by atoms with Gasteiger partial charge in [0.1, 0.15) is 0 Å². The quantitative estimate of drug-likeness (QED) is 0.269. The van der Waals surface area contributed by atoms with E-state index in [9.17, 15) is 0 Å². The molecule has 1 aliphatic rings. The van der Waals surface area contributed by atoms with Crippen LogP contribution in [0.15, 0.2) is 4.99 Å². The highest BCUT2D eigenvalue weighted by atomic mass is 127. The van der Waals surface area contributed by atoms with Crippen LogP contribution in [0.2, 0.25) is 0 Å². The van der Waals surface area contributed by atoms with Crippen molar-refractivity contribution in [1.29, 1.82) is 0 Å². The van der Waals surface area contributed by atoms with Crippen molar-refractivity contribution in [1.82, 2.24) is 15.5 Å². The van der Waals surface area contributed by atoms with Gasteiger partial charge in [0.2, 0.25) is 0 Å². The molecule has 0 amide bonds. The first kappa shape index (κ1) is 23.9. The van der Waals surface area contributed by atoms with E-state index in [1.165, 1.54) is 32.5 Å². The number of likely N-dealkylation sites (tertiary alicyclic amines) is 1. The summed E-state index contributed by atoms with van der Waals surface area (Å²) in [5, 5.41) is 6.78. The predicted octanol–water partition coefficient (Wildman–Crippen LogP) is 2.95. The van der Waals surface area contributed by atoms with Crippen LogP contribution in [0.5, 0.6) is 0 Å². The molecule has 0 aromatic heterocycles. The lowest BCUT2D eigenvalue weighted by Gasteiger charge is -2.30. The third-order valence-electron chi connectivity index (χ3n) is 4.75. The van der Waals surface area contributed by atoms with Gasteiger partial charge in [-0.15, -0.1) is 24.0 Å². The summed E-state index contributed by atoms with van der Waals surface area (Å²) in [6, 6.07) is 0. The lowest BCUT2D eigenvalue weighted by molar-refractivity contribution is 0.0205. The standard InChI is InChI=1S/C18H38N4O.HI/c1-15-8-12-22(13-9-15)11-7-10-20-17(19-5)21-14-16(23-6)18(2,3)4;/h15-16H,7-14H2,1-6H3,(H2,19,20,21);1H. The second-order valence-electron chi connectivity index (χ2n) is 7.85. The van der Waals surface area contributed by atoms with Gasteiger partial charge in [0.15, 0.2) is 5.96 Å². The molecule has 0 aromatic rings. The Morgan fingerprint density at radius 3 is 2.38 bits per heavy atom. The highest BCUT2D eigenvalue weighted by Crippen LogP contribution is 2.20. The highest BCUT2D eigenvalue weighted by Gasteiger charge is 2.24. The van der Waals surface area contributed by atoms with Crippen LogP contribution >= 0.6 is 24.0 Å². The summed E-state index contributed by atoms with van der Waals surface area (Å²) in [5.41, 5.74) is 0.117. The second kappa shape index (κ2) is 12.3. The highest BCUT2D eigenvalue weighted by molar-refractivity contribution is 14.0. The smallest absolute Gasteiger partial charge is 0.191 e. The number of ether oxygens (including phenoxy) is 1. The molecule has 1 aliphatic heterocycles. The molecular weight excluding hydrogens is 415 g/mol. The SMILES string of the molecule is CN=C(NCCCN1CCC(C)CC1)NCC(OC)C(C)(C)C.I. The molecule has 0 spiro atoms. The van der Waals surface area contributed by atoms with Gasteiger partial charge in [-0.2, -0.15) is 0 Å². The fourth-order valence-electron chi connectivity index (χ4n) is 2.95. The Kier molecular flexibility index (Phi) is 12.3. The Balaban J connectivity index is 0.00000529. The van der Waals surface area contributed by atoms with Crippen LogP contribution in [0, 0.1) is 11.3 Å². The molecule has 5 nitrogen and oxygen atoms in total. The van der Waals surface area contributed by atoms with Gasteiger partial charge in [0.05, 0.1) is 6.10 Å². The topological polar surface area (TPSA) is 48.9 Å². The van der Waals surface area contributed by atoms with Crippen LogP contribution in [0.25, 0.3) is 0 Å². The zero-order valence-corrected chi connectivity index (χ0v) is 18.9. The van der Waals surface area contributed by atoms with Crippen LogP contribution in [0.3, 0.4) is 0 Å². The number of piperidine rings is 1. The Labute approximate surface area is 166 Å². The van der Waals surface area contributed by atoms with E-state index in [0.29, 0.717) is 0 Å². The molecule has 2 N–H and O–H groups in total. The number of hydrogen-bond acceptors (Lipinski definition) is 3. The van der Waals surface area contributed by atoms with Crippen molar-refractivity contribution >= 4 is 29.9 Å². The molecular formula is C18H39IN4O. The maximum absolute atomic E-state index is 5.57. The third-order valence-corrected chi connectivity index (χ3v) is 4.75. The van der Waals surface area contributed by atoms with Crippen molar-refractivity contribution in [2.45, 2.75) is 53.1 Å². The Morgan fingerprint density at radius 1 is 1.25 bits per heavy atom. The summed E-state index contributed by atoms with van der Waals surface area (Å²) in [6.07, 6.45) is 4.02. The third kappa shape index (κ3) is 9.42. The largest absolute Gasteiger partial charge is 0.379 e. The van der Waals surface area contributed by atoms with Crippen molar-refractivity contribution < 1.29 is 4.74 Å². The molecule has 0 saturated carbocycles. The van der Waals surface area contributed by atoms with Crippen LogP contribution in [0.4, 0.5) is 0 Å². The fourth-order valence-corrected chi connectivity index (χ4v) is 2.95. The fraction of sp³-hybridized carbons (Fsp3) is 0.944. The first-order chi connectivity index (χ1) is 10.9. The Hall–Kier alpha value is -0.0800. The number of rotatable bonds is 7. The normalized spacial score (nSPS) is 18.8. The zero-order valence-electron chi connectivity index (χ0n) is 16.5. The van der Waals surface area contributed by atoms with E-state index in [-0.39, 0.29) is 35.5 Å². The average molecular weight is 454 g/mol. The van der Waals surface area contributed by atoms with Crippen LogP contribution < -0.4 is 10.6 Å². The summed E-state index contributed by atoms with van der Waals surface area (Å²) in [4.78, 5) is 6.88. The van der Waals surface area contributed by atoms with Crippen molar-refractivity contribution in [3.05, 3.63) is 0 Å². The molecule has 6 heteroatoms. The summed E-state index contributed by atoms with van der Waals surface area (Å²) in [7, 11) is 3.59. The van der Waals surface area contributed by atoms with Gasteiger partial charge >= 0.3 is 0 Å². The maximum Gasteiger partial charge on any atom is 0.191 e. The molecule has 1 atom stereocenters. The summed E-state index contributed by atoms with van der Waals surface area (Å²) in [5.74, 6) is 1.77. The Morgan fingerprint density at radius 2 is 1.88 bits per heavy atom. The summed E-state index contributed by atoms with van der Waals surface area (Å²) < 4.78 is 5.57. The number of methoxy groups -OCH3 is 1. The number of nitrogens with one attached hydrogen (secondary N) is 2. The van der Waals surface area contributed by atoms with Gasteiger partial charge in [0, 0.05) is 27.2 Å². The molecule has 144 valence electrons. The molecule has 1 unspecified atom stereocenters. The van der Waals surface area contributed by atoms with E-state index in [1.54, 1.807) is 7.11 Å². The lowest BCUT2D eigenvalue weighted by Crippen LogP contribution is -2.45. The van der Waals surface area contributed by atoms with E-state index in [1.807, 2.05) is 7.05 Å². The number of nitrogens with zero attached hydrogens (tertiary/aromatic N) is 2. The van der Waals surface area contributed by atoms with Gasteiger partial charge in [-0.3, -0.25) is 4.99 Å². The summed E-state index contributed by atoms with van der Waals surface area (Å²) in [6.45, 7) is 14.4. The zero-order chi connectivity index (χ0) is 17.3. The molecule has 0 bridgehead atoms. The summed E-state index contributed by atoms with van der Waals surface area (Å²) >= 11 is 0. The van der Waals surface area contributed by atoms with Crippen molar-refractivity contribution in [2.24, 2.45) is 16.3 Å². The lowest BCUT2D eigenvalue weighted by atomic mass is 9.89. The van der Waals surface area contributed by atoms with Crippen molar-refractivity contribution in [2.75, 3.05) is 46.9 Å². The second-order valence-corrected chi connectivity index (χ2v) is 7.85. The maximum atomic E-state index is 5.57.